The smallest absolute Gasteiger partial charge is 0.0441 e. The van der Waals surface area contributed by atoms with E-state index < -0.39 is 0 Å². The van der Waals surface area contributed by atoms with E-state index in [9.17, 15) is 0 Å². The molecule has 3 heteroatoms. The molecule has 12 heavy (non-hydrogen) atoms. The number of benzene rings is 1. The predicted molar refractivity (Wildman–Crippen MR) is 55.2 cm³/mol. The van der Waals surface area contributed by atoms with Gasteiger partial charge in [-0.25, -0.2) is 0 Å². The molecule has 1 aromatic rings. The van der Waals surface area contributed by atoms with Crippen LogP contribution in [0.5, 0.6) is 0 Å². The molecule has 0 radical (unpaired) electrons. The maximum atomic E-state index is 5.81. The number of hydrogen-bond acceptors (Lipinski definition) is 1. The Bertz CT molecular complexity index is 251. The zero-order valence-corrected chi connectivity index (χ0v) is 8.58. The SMILES string of the molecule is CC(C)Nc1cc(Cl)cc(Cl)c1. The molecule has 0 amide bonds. The van der Waals surface area contributed by atoms with Gasteiger partial charge in [0.1, 0.15) is 0 Å². The van der Waals surface area contributed by atoms with Crippen molar-refractivity contribution in [1.82, 2.24) is 0 Å². The van der Waals surface area contributed by atoms with Gasteiger partial charge in [-0.05, 0) is 32.0 Å². The Balaban J connectivity index is 2.85. The number of nitrogens with one attached hydrogen (secondary N) is 1. The summed E-state index contributed by atoms with van der Waals surface area (Å²) < 4.78 is 0. The molecule has 0 aliphatic rings. The highest BCUT2D eigenvalue weighted by atomic mass is 35.5. The maximum absolute atomic E-state index is 5.81. The summed E-state index contributed by atoms with van der Waals surface area (Å²) in [5.41, 5.74) is 0.961. The average molecular weight is 204 g/mol. The zero-order valence-electron chi connectivity index (χ0n) is 7.07. The normalized spacial score (nSPS) is 10.4. The molecule has 0 bridgehead atoms. The Kier molecular flexibility index (Phi) is 3.24. The Hall–Kier alpha value is -0.400. The summed E-state index contributed by atoms with van der Waals surface area (Å²) in [6.07, 6.45) is 0. The molecule has 0 saturated heterocycles. The lowest BCUT2D eigenvalue weighted by molar-refractivity contribution is 0.900. The lowest BCUT2D eigenvalue weighted by atomic mass is 10.3. The van der Waals surface area contributed by atoms with Crippen molar-refractivity contribution in [1.29, 1.82) is 0 Å². The number of halogens is 2. The number of rotatable bonds is 2. The van der Waals surface area contributed by atoms with E-state index in [2.05, 4.69) is 19.2 Å². The van der Waals surface area contributed by atoms with E-state index in [1.54, 1.807) is 6.07 Å². The summed E-state index contributed by atoms with van der Waals surface area (Å²) in [6.45, 7) is 4.13. The highest BCUT2D eigenvalue weighted by Crippen LogP contribution is 2.22. The molecule has 1 nitrogen and oxygen atoms in total. The van der Waals surface area contributed by atoms with Crippen LogP contribution < -0.4 is 5.32 Å². The van der Waals surface area contributed by atoms with E-state index in [4.69, 9.17) is 23.2 Å². The molecule has 0 aromatic heterocycles. The van der Waals surface area contributed by atoms with E-state index in [1.165, 1.54) is 0 Å². The second kappa shape index (κ2) is 4.01. The van der Waals surface area contributed by atoms with Crippen LogP contribution in [0.2, 0.25) is 10.0 Å². The second-order valence-electron chi connectivity index (χ2n) is 2.96. The molecule has 0 unspecified atom stereocenters. The van der Waals surface area contributed by atoms with Crippen molar-refractivity contribution in [2.75, 3.05) is 5.32 Å². The monoisotopic (exact) mass is 203 g/mol. The predicted octanol–water partition coefficient (Wildman–Crippen LogP) is 3.81. The van der Waals surface area contributed by atoms with Crippen LogP contribution in [0.3, 0.4) is 0 Å². The van der Waals surface area contributed by atoms with Gasteiger partial charge >= 0.3 is 0 Å². The van der Waals surface area contributed by atoms with Crippen LogP contribution in [-0.2, 0) is 0 Å². The van der Waals surface area contributed by atoms with E-state index >= 15 is 0 Å². The first kappa shape index (κ1) is 9.69. The molecule has 66 valence electrons. The molecule has 0 fully saturated rings. The summed E-state index contributed by atoms with van der Waals surface area (Å²) in [6, 6.07) is 5.81. The largest absolute Gasteiger partial charge is 0.383 e. The minimum absolute atomic E-state index is 0.388. The fraction of sp³-hybridized carbons (Fsp3) is 0.333. The third-order valence-corrected chi connectivity index (χ3v) is 1.75. The topological polar surface area (TPSA) is 12.0 Å². The van der Waals surface area contributed by atoms with Crippen molar-refractivity contribution in [3.05, 3.63) is 28.2 Å². The summed E-state index contributed by atoms with van der Waals surface area (Å²) in [5, 5.41) is 4.53. The Morgan fingerprint density at radius 1 is 1.08 bits per heavy atom. The minimum Gasteiger partial charge on any atom is -0.383 e. The van der Waals surface area contributed by atoms with Crippen molar-refractivity contribution >= 4 is 28.9 Å². The molecule has 0 saturated carbocycles. The first-order chi connectivity index (χ1) is 5.58. The highest BCUT2D eigenvalue weighted by Gasteiger charge is 1.98. The standard InChI is InChI=1S/C9H11Cl2N/c1-6(2)12-9-4-7(10)3-8(11)5-9/h3-6,12H,1-2H3. The Morgan fingerprint density at radius 2 is 1.58 bits per heavy atom. The van der Waals surface area contributed by atoms with Crippen molar-refractivity contribution in [3.63, 3.8) is 0 Å². The summed E-state index contributed by atoms with van der Waals surface area (Å²) in [5.74, 6) is 0. The fourth-order valence-corrected chi connectivity index (χ4v) is 1.50. The molecule has 1 rings (SSSR count). The molecule has 0 heterocycles. The van der Waals surface area contributed by atoms with E-state index in [-0.39, 0.29) is 0 Å². The van der Waals surface area contributed by atoms with E-state index in [1.807, 2.05) is 12.1 Å². The van der Waals surface area contributed by atoms with Crippen LogP contribution in [0, 0.1) is 0 Å². The highest BCUT2D eigenvalue weighted by molar-refractivity contribution is 6.35. The average Bonchev–Trinajstić information content (AvgIpc) is 1.81. The van der Waals surface area contributed by atoms with Gasteiger partial charge in [-0.1, -0.05) is 23.2 Å². The lowest BCUT2D eigenvalue weighted by Crippen LogP contribution is -2.09. The van der Waals surface area contributed by atoms with Gasteiger partial charge < -0.3 is 5.32 Å². The third kappa shape index (κ3) is 2.92. The first-order valence-corrected chi connectivity index (χ1v) is 4.56. The van der Waals surface area contributed by atoms with Crippen molar-refractivity contribution in [2.45, 2.75) is 19.9 Å². The molecule has 0 aliphatic carbocycles. The molecule has 1 N–H and O–H groups in total. The first-order valence-electron chi connectivity index (χ1n) is 3.80. The minimum atomic E-state index is 0.388. The number of anilines is 1. The van der Waals surface area contributed by atoms with Crippen molar-refractivity contribution < 1.29 is 0 Å². The summed E-state index contributed by atoms with van der Waals surface area (Å²) >= 11 is 11.6. The van der Waals surface area contributed by atoms with Gasteiger partial charge in [-0.3, -0.25) is 0 Å². The Morgan fingerprint density at radius 3 is 2.00 bits per heavy atom. The van der Waals surface area contributed by atoms with Gasteiger partial charge in [0.15, 0.2) is 0 Å². The van der Waals surface area contributed by atoms with Crippen LogP contribution >= 0.6 is 23.2 Å². The maximum Gasteiger partial charge on any atom is 0.0441 e. The fourth-order valence-electron chi connectivity index (χ4n) is 0.970. The van der Waals surface area contributed by atoms with Gasteiger partial charge in [0, 0.05) is 21.8 Å². The molecular weight excluding hydrogens is 193 g/mol. The van der Waals surface area contributed by atoms with Gasteiger partial charge in [0.25, 0.3) is 0 Å². The van der Waals surface area contributed by atoms with E-state index in [0.29, 0.717) is 16.1 Å². The molecule has 0 aliphatic heterocycles. The summed E-state index contributed by atoms with van der Waals surface area (Å²) in [7, 11) is 0. The quantitative estimate of drug-likeness (QED) is 0.772. The van der Waals surface area contributed by atoms with Crippen LogP contribution in [0.15, 0.2) is 18.2 Å². The van der Waals surface area contributed by atoms with Crippen LogP contribution in [0.25, 0.3) is 0 Å². The van der Waals surface area contributed by atoms with Gasteiger partial charge in [0.05, 0.1) is 0 Å². The van der Waals surface area contributed by atoms with E-state index in [0.717, 1.165) is 5.69 Å². The van der Waals surface area contributed by atoms with Gasteiger partial charge in [-0.2, -0.15) is 0 Å². The van der Waals surface area contributed by atoms with Crippen LogP contribution in [0.1, 0.15) is 13.8 Å². The molecule has 0 spiro atoms. The molecular formula is C9H11Cl2N. The molecule has 1 aromatic carbocycles. The van der Waals surface area contributed by atoms with Crippen molar-refractivity contribution in [2.24, 2.45) is 0 Å². The number of hydrogen-bond donors (Lipinski definition) is 1. The van der Waals surface area contributed by atoms with Crippen LogP contribution in [-0.4, -0.2) is 6.04 Å². The second-order valence-corrected chi connectivity index (χ2v) is 3.83. The van der Waals surface area contributed by atoms with Crippen molar-refractivity contribution in [3.8, 4) is 0 Å². The van der Waals surface area contributed by atoms with Gasteiger partial charge in [0.2, 0.25) is 0 Å². The zero-order chi connectivity index (χ0) is 9.14. The van der Waals surface area contributed by atoms with Gasteiger partial charge in [-0.15, -0.1) is 0 Å². The Labute approximate surface area is 82.7 Å². The lowest BCUT2D eigenvalue weighted by Gasteiger charge is -2.10. The van der Waals surface area contributed by atoms with Crippen LogP contribution in [0.4, 0.5) is 5.69 Å². The molecule has 0 atom stereocenters. The third-order valence-electron chi connectivity index (χ3n) is 1.32. The summed E-state index contributed by atoms with van der Waals surface area (Å²) in [4.78, 5) is 0.